The van der Waals surface area contributed by atoms with Crippen molar-refractivity contribution in [3.63, 3.8) is 0 Å². The lowest BCUT2D eigenvalue weighted by atomic mass is 10.0. The van der Waals surface area contributed by atoms with Crippen molar-refractivity contribution < 1.29 is 0 Å². The quantitative estimate of drug-likeness (QED) is 0.459. The molecule has 0 unspecified atom stereocenters. The first-order chi connectivity index (χ1) is 6.95. The molecule has 0 aliphatic carbocycles. The Morgan fingerprint density at radius 2 is 1.57 bits per heavy atom. The summed E-state index contributed by atoms with van der Waals surface area (Å²) < 4.78 is 0. The highest BCUT2D eigenvalue weighted by Crippen LogP contribution is 2.23. The first kappa shape index (κ1) is 7.57. The molecule has 3 aromatic rings. The topological polar surface area (TPSA) is 0 Å². The van der Waals surface area contributed by atoms with E-state index in [1.165, 1.54) is 16.2 Å². The minimum absolute atomic E-state index is 1.14. The van der Waals surface area contributed by atoms with Crippen LogP contribution in [0.5, 0.6) is 0 Å². The molecule has 0 aliphatic heterocycles. The van der Waals surface area contributed by atoms with Crippen LogP contribution in [0.15, 0.2) is 42.5 Å². The van der Waals surface area contributed by atoms with Crippen LogP contribution < -0.4 is 0 Å². The van der Waals surface area contributed by atoms with Crippen LogP contribution in [0.25, 0.3) is 21.5 Å². The van der Waals surface area contributed by atoms with E-state index in [2.05, 4.69) is 24.3 Å². The summed E-state index contributed by atoms with van der Waals surface area (Å²) in [6.45, 7) is 0. The van der Waals surface area contributed by atoms with Crippen LogP contribution in [-0.4, -0.2) is 0 Å². The fourth-order valence-corrected chi connectivity index (χ4v) is 1.74. The zero-order valence-electron chi connectivity index (χ0n) is 7.54. The Bertz CT molecular complexity index is 539. The molecular weight excluding hydrogens is 168 g/mol. The largest absolute Gasteiger partial charge is 0.0537 e. The highest BCUT2D eigenvalue weighted by Gasteiger charge is 1.97. The van der Waals surface area contributed by atoms with Gasteiger partial charge in [-0.15, -0.1) is 0 Å². The normalized spacial score (nSPS) is 10.9. The SMILES string of the molecule is [c]1ccc2[c]cc3cc[c]cc3c2c1. The molecule has 0 heterocycles. The summed E-state index contributed by atoms with van der Waals surface area (Å²) in [5.41, 5.74) is 0. The minimum Gasteiger partial charge on any atom is -0.0537 e. The van der Waals surface area contributed by atoms with Crippen LogP contribution in [0, 0.1) is 18.2 Å². The molecule has 0 N–H and O–H groups in total. The van der Waals surface area contributed by atoms with Gasteiger partial charge in [0.05, 0.1) is 0 Å². The van der Waals surface area contributed by atoms with E-state index in [-0.39, 0.29) is 0 Å². The van der Waals surface area contributed by atoms with E-state index < -0.39 is 0 Å². The van der Waals surface area contributed by atoms with E-state index in [1.54, 1.807) is 0 Å². The third-order valence-electron chi connectivity index (χ3n) is 2.44. The molecule has 0 bridgehead atoms. The van der Waals surface area contributed by atoms with Crippen LogP contribution in [0.1, 0.15) is 0 Å². The van der Waals surface area contributed by atoms with Gasteiger partial charge < -0.3 is 0 Å². The molecule has 0 saturated carbocycles. The summed E-state index contributed by atoms with van der Waals surface area (Å²) >= 11 is 0. The van der Waals surface area contributed by atoms with Gasteiger partial charge in [-0.3, -0.25) is 0 Å². The maximum atomic E-state index is 3.26. The van der Waals surface area contributed by atoms with Crippen molar-refractivity contribution in [3.8, 4) is 0 Å². The third-order valence-corrected chi connectivity index (χ3v) is 2.44. The number of fused-ring (bicyclic) bond motifs is 3. The van der Waals surface area contributed by atoms with Crippen LogP contribution >= 0.6 is 0 Å². The summed E-state index contributed by atoms with van der Waals surface area (Å²) in [5.74, 6) is 0. The molecule has 63 valence electrons. The van der Waals surface area contributed by atoms with Gasteiger partial charge >= 0.3 is 0 Å². The molecule has 3 rings (SSSR count). The molecule has 0 heteroatoms. The van der Waals surface area contributed by atoms with Crippen LogP contribution in [0.4, 0.5) is 0 Å². The van der Waals surface area contributed by atoms with Crippen LogP contribution in [0.2, 0.25) is 0 Å². The van der Waals surface area contributed by atoms with Crippen LogP contribution in [0.3, 0.4) is 0 Å². The Kier molecular flexibility index (Phi) is 1.54. The number of rotatable bonds is 0. The molecular formula is C14H7. The Labute approximate surface area is 82.8 Å². The second-order valence-corrected chi connectivity index (χ2v) is 3.27. The third kappa shape index (κ3) is 1.01. The molecule has 0 saturated heterocycles. The smallest absolute Gasteiger partial charge is 0.00926 e. The van der Waals surface area contributed by atoms with E-state index in [9.17, 15) is 0 Å². The van der Waals surface area contributed by atoms with Crippen molar-refractivity contribution >= 4 is 21.5 Å². The lowest BCUT2D eigenvalue weighted by Gasteiger charge is -2.01. The number of hydrogen-bond donors (Lipinski definition) is 0. The average molecular weight is 175 g/mol. The maximum absolute atomic E-state index is 3.26. The van der Waals surface area contributed by atoms with Gasteiger partial charge in [-0.2, -0.15) is 0 Å². The molecule has 0 amide bonds. The predicted octanol–water partition coefficient (Wildman–Crippen LogP) is 3.39. The van der Waals surface area contributed by atoms with E-state index in [0.717, 1.165) is 5.39 Å². The molecule has 0 spiro atoms. The van der Waals surface area contributed by atoms with E-state index >= 15 is 0 Å². The minimum atomic E-state index is 1.14. The van der Waals surface area contributed by atoms with Gasteiger partial charge in [0.1, 0.15) is 0 Å². The van der Waals surface area contributed by atoms with Crippen molar-refractivity contribution in [2.45, 2.75) is 0 Å². The van der Waals surface area contributed by atoms with Gasteiger partial charge in [0.15, 0.2) is 0 Å². The Balaban J connectivity index is 2.61. The zero-order valence-corrected chi connectivity index (χ0v) is 7.54. The van der Waals surface area contributed by atoms with Gasteiger partial charge in [-0.25, -0.2) is 0 Å². The standard InChI is InChI=1S/C14H7/c1-3-7-13-11(5-1)9-10-12-6-2-4-8-14(12)13/h1-2,5-9H. The molecule has 3 aromatic carbocycles. The summed E-state index contributed by atoms with van der Waals surface area (Å²) in [6, 6.07) is 23.4. The van der Waals surface area contributed by atoms with Gasteiger partial charge in [-0.05, 0) is 57.9 Å². The number of benzene rings is 3. The second-order valence-electron chi connectivity index (χ2n) is 3.27. The van der Waals surface area contributed by atoms with Crippen molar-refractivity contribution in [1.82, 2.24) is 0 Å². The van der Waals surface area contributed by atoms with Gasteiger partial charge in [0.25, 0.3) is 0 Å². The van der Waals surface area contributed by atoms with Crippen LogP contribution in [-0.2, 0) is 0 Å². The average Bonchev–Trinajstić information content (AvgIpc) is 2.29. The van der Waals surface area contributed by atoms with Gasteiger partial charge in [0, 0.05) is 0 Å². The molecule has 14 heavy (non-hydrogen) atoms. The Hall–Kier alpha value is -1.82. The summed E-state index contributed by atoms with van der Waals surface area (Å²) in [7, 11) is 0. The Morgan fingerprint density at radius 3 is 2.50 bits per heavy atom. The first-order valence-electron chi connectivity index (χ1n) is 4.55. The van der Waals surface area contributed by atoms with Gasteiger partial charge in [-0.1, -0.05) is 24.3 Å². The monoisotopic (exact) mass is 175 g/mol. The summed E-state index contributed by atoms with van der Waals surface area (Å²) in [6.07, 6.45) is 0. The zero-order chi connectivity index (χ0) is 9.38. The Morgan fingerprint density at radius 1 is 0.786 bits per heavy atom. The lowest BCUT2D eigenvalue weighted by molar-refractivity contribution is 1.74. The van der Waals surface area contributed by atoms with E-state index in [0.29, 0.717) is 0 Å². The molecule has 3 radical (unpaired) electrons. The predicted molar refractivity (Wildman–Crippen MR) is 58.0 cm³/mol. The second kappa shape index (κ2) is 2.85. The fraction of sp³-hybridized carbons (Fsp3) is 0. The first-order valence-corrected chi connectivity index (χ1v) is 4.55. The molecule has 0 atom stereocenters. The summed E-state index contributed by atoms with van der Waals surface area (Å²) in [4.78, 5) is 0. The van der Waals surface area contributed by atoms with E-state index in [1.807, 2.05) is 36.4 Å². The van der Waals surface area contributed by atoms with E-state index in [4.69, 9.17) is 0 Å². The van der Waals surface area contributed by atoms with Crippen molar-refractivity contribution in [2.24, 2.45) is 0 Å². The molecule has 0 fully saturated rings. The van der Waals surface area contributed by atoms with Crippen molar-refractivity contribution in [1.29, 1.82) is 0 Å². The highest BCUT2D eigenvalue weighted by molar-refractivity contribution is 6.06. The fourth-order valence-electron chi connectivity index (χ4n) is 1.74. The lowest BCUT2D eigenvalue weighted by Crippen LogP contribution is -1.76. The van der Waals surface area contributed by atoms with Gasteiger partial charge in [0.2, 0.25) is 0 Å². The number of hydrogen-bond acceptors (Lipinski definition) is 0. The van der Waals surface area contributed by atoms with Crippen molar-refractivity contribution in [2.75, 3.05) is 0 Å². The summed E-state index contributed by atoms with van der Waals surface area (Å²) in [5, 5.41) is 4.76. The maximum Gasteiger partial charge on any atom is -0.00926 e. The molecule has 0 aliphatic rings. The highest BCUT2D eigenvalue weighted by atomic mass is 14.0. The molecule has 0 nitrogen and oxygen atoms in total. The van der Waals surface area contributed by atoms with Crippen molar-refractivity contribution in [3.05, 3.63) is 60.7 Å². The molecule has 0 aromatic heterocycles.